The standard InChI is InChI=1S/C20H18O3/c1-2-3-4-7-13-23-17-12-8-11-16-18(17)20(22)15-10-6-5-9-14(15)19(16)21/h4-12H,2-3,13H2,1H3/b7-4+. The molecule has 0 saturated heterocycles. The second-order valence-corrected chi connectivity index (χ2v) is 5.45. The van der Waals surface area contributed by atoms with Gasteiger partial charge in [0, 0.05) is 16.7 Å². The van der Waals surface area contributed by atoms with Gasteiger partial charge in [0.2, 0.25) is 0 Å². The Morgan fingerprint density at radius 2 is 1.57 bits per heavy atom. The largest absolute Gasteiger partial charge is 0.489 e. The van der Waals surface area contributed by atoms with E-state index in [2.05, 4.69) is 13.0 Å². The molecule has 0 fully saturated rings. The Morgan fingerprint density at radius 3 is 2.30 bits per heavy atom. The summed E-state index contributed by atoms with van der Waals surface area (Å²) in [5.41, 5.74) is 1.70. The van der Waals surface area contributed by atoms with Gasteiger partial charge in [-0.2, -0.15) is 0 Å². The third kappa shape index (κ3) is 2.82. The van der Waals surface area contributed by atoms with Gasteiger partial charge in [-0.05, 0) is 12.5 Å². The van der Waals surface area contributed by atoms with Gasteiger partial charge in [0.05, 0.1) is 5.56 Å². The molecule has 0 bridgehead atoms. The van der Waals surface area contributed by atoms with Gasteiger partial charge >= 0.3 is 0 Å². The Hall–Kier alpha value is -2.68. The molecule has 0 heterocycles. The number of allylic oxidation sites excluding steroid dienone is 1. The van der Waals surface area contributed by atoms with Gasteiger partial charge < -0.3 is 4.74 Å². The van der Waals surface area contributed by atoms with Gasteiger partial charge in [0.1, 0.15) is 12.4 Å². The molecule has 3 nitrogen and oxygen atoms in total. The van der Waals surface area contributed by atoms with E-state index in [9.17, 15) is 9.59 Å². The first kappa shape index (κ1) is 15.2. The predicted molar refractivity (Wildman–Crippen MR) is 89.3 cm³/mol. The highest BCUT2D eigenvalue weighted by Gasteiger charge is 2.31. The van der Waals surface area contributed by atoms with Crippen molar-refractivity contribution in [1.29, 1.82) is 0 Å². The van der Waals surface area contributed by atoms with E-state index in [4.69, 9.17) is 4.74 Å². The maximum Gasteiger partial charge on any atom is 0.198 e. The Kier molecular flexibility index (Phi) is 4.38. The molecule has 0 N–H and O–H groups in total. The summed E-state index contributed by atoms with van der Waals surface area (Å²) in [5.74, 6) is 0.196. The minimum Gasteiger partial charge on any atom is -0.489 e. The Morgan fingerprint density at radius 1 is 0.870 bits per heavy atom. The zero-order chi connectivity index (χ0) is 16.2. The topological polar surface area (TPSA) is 43.4 Å². The van der Waals surface area contributed by atoms with Crippen molar-refractivity contribution in [2.24, 2.45) is 0 Å². The van der Waals surface area contributed by atoms with Gasteiger partial charge in [-0.25, -0.2) is 0 Å². The van der Waals surface area contributed by atoms with Crippen LogP contribution in [0.3, 0.4) is 0 Å². The van der Waals surface area contributed by atoms with E-state index in [-0.39, 0.29) is 11.6 Å². The number of hydrogen-bond acceptors (Lipinski definition) is 3. The summed E-state index contributed by atoms with van der Waals surface area (Å²) in [6.07, 6.45) is 6.08. The fourth-order valence-electron chi connectivity index (χ4n) is 2.72. The molecule has 2 aromatic carbocycles. The van der Waals surface area contributed by atoms with Crippen LogP contribution in [-0.4, -0.2) is 18.2 Å². The third-order valence-electron chi connectivity index (χ3n) is 3.87. The summed E-state index contributed by atoms with van der Waals surface area (Å²) >= 11 is 0. The highest BCUT2D eigenvalue weighted by Crippen LogP contribution is 2.33. The number of benzene rings is 2. The molecule has 0 aliphatic heterocycles. The average molecular weight is 306 g/mol. The van der Waals surface area contributed by atoms with Crippen molar-refractivity contribution in [3.05, 3.63) is 76.9 Å². The second kappa shape index (κ2) is 6.61. The molecule has 3 heteroatoms. The van der Waals surface area contributed by atoms with E-state index in [1.165, 1.54) is 0 Å². The number of ether oxygens (including phenoxy) is 1. The van der Waals surface area contributed by atoms with Crippen molar-refractivity contribution in [2.75, 3.05) is 6.61 Å². The maximum absolute atomic E-state index is 12.8. The van der Waals surface area contributed by atoms with Crippen LogP contribution in [0.5, 0.6) is 5.75 Å². The number of unbranched alkanes of at least 4 members (excludes halogenated alkanes) is 1. The molecular formula is C20H18O3. The molecule has 0 unspecified atom stereocenters. The lowest BCUT2D eigenvalue weighted by Crippen LogP contribution is -2.21. The predicted octanol–water partition coefficient (Wildman–Crippen LogP) is 4.20. The molecule has 0 aromatic heterocycles. The van der Waals surface area contributed by atoms with Crippen LogP contribution in [0.15, 0.2) is 54.6 Å². The summed E-state index contributed by atoms with van der Waals surface area (Å²) in [6, 6.07) is 12.1. The first-order valence-electron chi connectivity index (χ1n) is 7.83. The van der Waals surface area contributed by atoms with Crippen LogP contribution in [0.4, 0.5) is 0 Å². The minimum absolute atomic E-state index is 0.123. The molecule has 0 atom stereocenters. The van der Waals surface area contributed by atoms with Crippen LogP contribution < -0.4 is 4.74 Å². The van der Waals surface area contributed by atoms with Crippen molar-refractivity contribution in [1.82, 2.24) is 0 Å². The molecule has 0 saturated carbocycles. The van der Waals surface area contributed by atoms with Crippen molar-refractivity contribution >= 4 is 11.6 Å². The fraction of sp³-hybridized carbons (Fsp3) is 0.200. The van der Waals surface area contributed by atoms with Crippen LogP contribution >= 0.6 is 0 Å². The molecule has 0 radical (unpaired) electrons. The number of fused-ring (bicyclic) bond motifs is 2. The van der Waals surface area contributed by atoms with Crippen molar-refractivity contribution in [2.45, 2.75) is 19.8 Å². The summed E-state index contributed by atoms with van der Waals surface area (Å²) in [5, 5.41) is 0. The second-order valence-electron chi connectivity index (χ2n) is 5.45. The summed E-state index contributed by atoms with van der Waals surface area (Å²) in [6.45, 7) is 2.50. The zero-order valence-electron chi connectivity index (χ0n) is 13.0. The molecule has 0 spiro atoms. The smallest absolute Gasteiger partial charge is 0.198 e. The molecular weight excluding hydrogens is 288 g/mol. The zero-order valence-corrected chi connectivity index (χ0v) is 13.0. The minimum atomic E-state index is -0.150. The Balaban J connectivity index is 1.94. The molecule has 23 heavy (non-hydrogen) atoms. The molecule has 1 aliphatic rings. The van der Waals surface area contributed by atoms with E-state index in [1.807, 2.05) is 6.08 Å². The van der Waals surface area contributed by atoms with Crippen molar-refractivity contribution in [3.63, 3.8) is 0 Å². The summed E-state index contributed by atoms with van der Waals surface area (Å²) in [7, 11) is 0. The SMILES string of the molecule is CCC/C=C/COc1cccc2c1C(=O)c1ccccc1C2=O. The fourth-order valence-corrected chi connectivity index (χ4v) is 2.72. The lowest BCUT2D eigenvalue weighted by atomic mass is 9.83. The molecule has 3 rings (SSSR count). The Labute approximate surface area is 135 Å². The van der Waals surface area contributed by atoms with Crippen LogP contribution in [0.1, 0.15) is 51.6 Å². The van der Waals surface area contributed by atoms with Gasteiger partial charge in [-0.3, -0.25) is 9.59 Å². The van der Waals surface area contributed by atoms with Crippen LogP contribution in [0.2, 0.25) is 0 Å². The lowest BCUT2D eigenvalue weighted by molar-refractivity contribution is 0.0976. The van der Waals surface area contributed by atoms with Crippen LogP contribution in [0.25, 0.3) is 0 Å². The molecule has 0 amide bonds. The van der Waals surface area contributed by atoms with Crippen molar-refractivity contribution < 1.29 is 14.3 Å². The first-order valence-corrected chi connectivity index (χ1v) is 7.83. The van der Waals surface area contributed by atoms with E-state index in [0.29, 0.717) is 34.6 Å². The monoisotopic (exact) mass is 306 g/mol. The quantitative estimate of drug-likeness (QED) is 0.664. The number of hydrogen-bond donors (Lipinski definition) is 0. The number of carbonyl (C=O) groups excluding carboxylic acids is 2. The van der Waals surface area contributed by atoms with Gasteiger partial charge in [0.25, 0.3) is 0 Å². The normalized spacial score (nSPS) is 13.1. The van der Waals surface area contributed by atoms with Crippen LogP contribution in [0, 0.1) is 0 Å². The highest BCUT2D eigenvalue weighted by molar-refractivity contribution is 6.29. The van der Waals surface area contributed by atoms with Crippen LogP contribution in [-0.2, 0) is 0 Å². The molecule has 1 aliphatic carbocycles. The summed E-state index contributed by atoms with van der Waals surface area (Å²) < 4.78 is 5.72. The van der Waals surface area contributed by atoms with E-state index < -0.39 is 0 Å². The van der Waals surface area contributed by atoms with E-state index >= 15 is 0 Å². The van der Waals surface area contributed by atoms with Gasteiger partial charge in [-0.1, -0.05) is 61.9 Å². The molecule has 2 aromatic rings. The lowest BCUT2D eigenvalue weighted by Gasteiger charge is -2.19. The Bertz CT molecular complexity index is 787. The average Bonchev–Trinajstić information content (AvgIpc) is 2.59. The molecule has 116 valence electrons. The first-order chi connectivity index (χ1) is 11.2. The summed E-state index contributed by atoms with van der Waals surface area (Å²) in [4.78, 5) is 25.4. The number of ketones is 2. The number of rotatable bonds is 5. The van der Waals surface area contributed by atoms with Gasteiger partial charge in [-0.15, -0.1) is 0 Å². The third-order valence-corrected chi connectivity index (χ3v) is 3.87. The van der Waals surface area contributed by atoms with Crippen molar-refractivity contribution in [3.8, 4) is 5.75 Å². The van der Waals surface area contributed by atoms with E-state index in [1.54, 1.807) is 42.5 Å². The van der Waals surface area contributed by atoms with E-state index in [0.717, 1.165) is 12.8 Å². The maximum atomic E-state index is 12.8. The highest BCUT2D eigenvalue weighted by atomic mass is 16.5. The van der Waals surface area contributed by atoms with Gasteiger partial charge in [0.15, 0.2) is 11.6 Å². The number of carbonyl (C=O) groups is 2.